The first-order valence-electron chi connectivity index (χ1n) is 4.19. The van der Waals surface area contributed by atoms with E-state index in [4.69, 9.17) is 4.74 Å². The summed E-state index contributed by atoms with van der Waals surface area (Å²) in [5, 5.41) is 0. The van der Waals surface area contributed by atoms with Crippen LogP contribution in [0.2, 0.25) is 0 Å². The van der Waals surface area contributed by atoms with E-state index in [2.05, 4.69) is 0 Å². The van der Waals surface area contributed by atoms with E-state index in [1.807, 2.05) is 22.6 Å². The Kier molecular flexibility index (Phi) is 3.86. The Morgan fingerprint density at radius 1 is 1.57 bits per heavy atom. The summed E-state index contributed by atoms with van der Waals surface area (Å²) in [6.45, 7) is 3.60. The van der Waals surface area contributed by atoms with Gasteiger partial charge in [-0.25, -0.2) is 4.39 Å². The van der Waals surface area contributed by atoms with E-state index in [9.17, 15) is 9.18 Å². The molecule has 0 amide bonds. The normalized spacial score (nSPS) is 10.0. The summed E-state index contributed by atoms with van der Waals surface area (Å²) < 4.78 is 18.9. The first kappa shape index (κ1) is 11.4. The predicted molar refractivity (Wildman–Crippen MR) is 60.3 cm³/mol. The molecule has 0 aliphatic carbocycles. The maximum atomic E-state index is 13.2. The highest BCUT2D eigenvalue weighted by atomic mass is 127. The number of Topliss-reactive ketones (excluding diaryl/α,β-unsaturated/α-hetero) is 1. The largest absolute Gasteiger partial charge is 0.491 e. The Balaban J connectivity index is 3.20. The van der Waals surface area contributed by atoms with Crippen LogP contribution in [0.15, 0.2) is 12.1 Å². The first-order valence-corrected chi connectivity index (χ1v) is 5.27. The minimum atomic E-state index is -0.429. The molecular weight excluding hydrogens is 298 g/mol. The predicted octanol–water partition coefficient (Wildman–Crippen LogP) is 3.03. The van der Waals surface area contributed by atoms with Crippen LogP contribution in [-0.4, -0.2) is 12.4 Å². The standard InChI is InChI=1S/C10H10FIO2/c1-3-14-10-4-7(6(2)13)9(12)5-8(10)11/h4-5H,3H2,1-2H3. The molecule has 0 spiro atoms. The molecule has 1 rings (SSSR count). The van der Waals surface area contributed by atoms with Gasteiger partial charge in [-0.3, -0.25) is 4.79 Å². The number of benzene rings is 1. The highest BCUT2D eigenvalue weighted by Gasteiger charge is 2.11. The van der Waals surface area contributed by atoms with Gasteiger partial charge in [-0.2, -0.15) is 0 Å². The van der Waals surface area contributed by atoms with E-state index in [1.165, 1.54) is 19.1 Å². The number of hydrogen-bond acceptors (Lipinski definition) is 2. The summed E-state index contributed by atoms with van der Waals surface area (Å²) in [6.07, 6.45) is 0. The van der Waals surface area contributed by atoms with Gasteiger partial charge in [-0.15, -0.1) is 0 Å². The Morgan fingerprint density at radius 2 is 2.21 bits per heavy atom. The van der Waals surface area contributed by atoms with E-state index < -0.39 is 5.82 Å². The molecule has 0 radical (unpaired) electrons. The number of ether oxygens (including phenoxy) is 1. The number of rotatable bonds is 3. The second kappa shape index (κ2) is 4.72. The molecule has 0 aliphatic rings. The number of carbonyl (C=O) groups excluding carboxylic acids is 1. The first-order chi connectivity index (χ1) is 6.56. The van der Waals surface area contributed by atoms with Gasteiger partial charge in [0, 0.05) is 9.13 Å². The molecular formula is C10H10FIO2. The third kappa shape index (κ3) is 2.43. The lowest BCUT2D eigenvalue weighted by Crippen LogP contribution is -2.01. The van der Waals surface area contributed by atoms with Crippen molar-refractivity contribution >= 4 is 28.4 Å². The SMILES string of the molecule is CCOc1cc(C(C)=O)c(I)cc1F. The zero-order valence-electron chi connectivity index (χ0n) is 7.93. The van der Waals surface area contributed by atoms with E-state index >= 15 is 0 Å². The summed E-state index contributed by atoms with van der Waals surface area (Å²) >= 11 is 1.93. The summed E-state index contributed by atoms with van der Waals surface area (Å²) in [6, 6.07) is 2.76. The van der Waals surface area contributed by atoms with Crippen molar-refractivity contribution in [3.8, 4) is 5.75 Å². The van der Waals surface area contributed by atoms with Crippen molar-refractivity contribution in [1.29, 1.82) is 0 Å². The summed E-state index contributed by atoms with van der Waals surface area (Å²) in [4.78, 5) is 11.2. The van der Waals surface area contributed by atoms with Gasteiger partial charge in [-0.1, -0.05) is 0 Å². The molecule has 0 heterocycles. The van der Waals surface area contributed by atoms with Crippen molar-refractivity contribution in [3.63, 3.8) is 0 Å². The maximum absolute atomic E-state index is 13.2. The molecule has 0 unspecified atom stereocenters. The monoisotopic (exact) mass is 308 g/mol. The average molecular weight is 308 g/mol. The second-order valence-corrected chi connectivity index (χ2v) is 3.91. The van der Waals surface area contributed by atoms with E-state index in [0.717, 1.165) is 0 Å². The van der Waals surface area contributed by atoms with Crippen LogP contribution >= 0.6 is 22.6 Å². The van der Waals surface area contributed by atoms with Crippen molar-refractivity contribution < 1.29 is 13.9 Å². The van der Waals surface area contributed by atoms with Crippen LogP contribution in [0.25, 0.3) is 0 Å². The highest BCUT2D eigenvalue weighted by Crippen LogP contribution is 2.24. The lowest BCUT2D eigenvalue weighted by atomic mass is 10.1. The van der Waals surface area contributed by atoms with Gasteiger partial charge in [0.05, 0.1) is 6.61 Å². The van der Waals surface area contributed by atoms with Crippen LogP contribution in [0, 0.1) is 9.39 Å². The van der Waals surface area contributed by atoms with Crippen LogP contribution in [-0.2, 0) is 0 Å². The molecule has 4 heteroatoms. The highest BCUT2D eigenvalue weighted by molar-refractivity contribution is 14.1. The zero-order chi connectivity index (χ0) is 10.7. The molecule has 0 atom stereocenters. The minimum Gasteiger partial charge on any atom is -0.491 e. The van der Waals surface area contributed by atoms with E-state index in [0.29, 0.717) is 15.7 Å². The van der Waals surface area contributed by atoms with Gasteiger partial charge in [0.15, 0.2) is 17.3 Å². The van der Waals surface area contributed by atoms with Gasteiger partial charge >= 0.3 is 0 Å². The fourth-order valence-corrected chi connectivity index (χ4v) is 1.87. The Bertz CT molecular complexity index is 363. The Labute approximate surface area is 95.6 Å². The molecule has 2 nitrogen and oxygen atoms in total. The van der Waals surface area contributed by atoms with Gasteiger partial charge in [-0.05, 0) is 48.6 Å². The van der Waals surface area contributed by atoms with Gasteiger partial charge in [0.25, 0.3) is 0 Å². The summed E-state index contributed by atoms with van der Waals surface area (Å²) in [7, 11) is 0. The number of carbonyl (C=O) groups is 1. The molecule has 0 saturated carbocycles. The maximum Gasteiger partial charge on any atom is 0.166 e. The Morgan fingerprint density at radius 3 is 2.71 bits per heavy atom. The zero-order valence-corrected chi connectivity index (χ0v) is 10.1. The third-order valence-corrected chi connectivity index (χ3v) is 2.59. The van der Waals surface area contributed by atoms with Gasteiger partial charge in [0.1, 0.15) is 0 Å². The van der Waals surface area contributed by atoms with Crippen molar-refractivity contribution in [2.45, 2.75) is 13.8 Å². The van der Waals surface area contributed by atoms with Crippen LogP contribution in [0.1, 0.15) is 24.2 Å². The van der Waals surface area contributed by atoms with E-state index in [1.54, 1.807) is 6.92 Å². The lowest BCUT2D eigenvalue weighted by molar-refractivity contribution is 0.101. The van der Waals surface area contributed by atoms with Crippen molar-refractivity contribution in [3.05, 3.63) is 27.1 Å². The fraction of sp³-hybridized carbons (Fsp3) is 0.300. The molecule has 0 N–H and O–H groups in total. The fourth-order valence-electron chi connectivity index (χ4n) is 1.07. The van der Waals surface area contributed by atoms with E-state index in [-0.39, 0.29) is 11.5 Å². The number of ketones is 1. The smallest absolute Gasteiger partial charge is 0.166 e. The number of hydrogen-bond donors (Lipinski definition) is 0. The topological polar surface area (TPSA) is 26.3 Å². The Hall–Kier alpha value is -0.650. The van der Waals surface area contributed by atoms with Crippen molar-refractivity contribution in [1.82, 2.24) is 0 Å². The molecule has 0 saturated heterocycles. The molecule has 0 aliphatic heterocycles. The average Bonchev–Trinajstić information content (AvgIpc) is 2.09. The molecule has 1 aromatic rings. The molecule has 0 bridgehead atoms. The molecule has 0 aromatic heterocycles. The van der Waals surface area contributed by atoms with Gasteiger partial charge in [0.2, 0.25) is 0 Å². The molecule has 76 valence electrons. The molecule has 14 heavy (non-hydrogen) atoms. The molecule has 1 aromatic carbocycles. The summed E-state index contributed by atoms with van der Waals surface area (Å²) in [5.41, 5.74) is 0.496. The van der Waals surface area contributed by atoms with Gasteiger partial charge < -0.3 is 4.74 Å². The van der Waals surface area contributed by atoms with Crippen LogP contribution in [0.5, 0.6) is 5.75 Å². The third-order valence-electron chi connectivity index (χ3n) is 1.70. The second-order valence-electron chi connectivity index (χ2n) is 2.75. The van der Waals surface area contributed by atoms with Crippen LogP contribution in [0.4, 0.5) is 4.39 Å². The number of halogens is 2. The van der Waals surface area contributed by atoms with Crippen molar-refractivity contribution in [2.75, 3.05) is 6.61 Å². The quantitative estimate of drug-likeness (QED) is 0.634. The summed E-state index contributed by atoms with van der Waals surface area (Å²) in [5.74, 6) is -0.380. The van der Waals surface area contributed by atoms with Crippen molar-refractivity contribution in [2.24, 2.45) is 0 Å². The van der Waals surface area contributed by atoms with Crippen LogP contribution < -0.4 is 4.74 Å². The molecule has 0 fully saturated rings. The lowest BCUT2D eigenvalue weighted by Gasteiger charge is -2.07. The van der Waals surface area contributed by atoms with Crippen LogP contribution in [0.3, 0.4) is 0 Å². The minimum absolute atomic E-state index is 0.0876.